The normalized spacial score (nSPS) is 10.8. The highest BCUT2D eigenvalue weighted by molar-refractivity contribution is 7.99. The van der Waals surface area contributed by atoms with E-state index in [1.165, 1.54) is 10.5 Å². The van der Waals surface area contributed by atoms with Crippen molar-refractivity contribution in [3.05, 3.63) is 72.3 Å². The molecular formula is C15H13S. The van der Waals surface area contributed by atoms with Crippen molar-refractivity contribution in [3.63, 3.8) is 0 Å². The Balaban J connectivity index is 1.83. The van der Waals surface area contributed by atoms with E-state index in [1.54, 1.807) is 0 Å². The van der Waals surface area contributed by atoms with Crippen molar-refractivity contribution < 1.29 is 0 Å². The topological polar surface area (TPSA) is 0 Å². The molecule has 0 unspecified atom stereocenters. The molecule has 0 aliphatic heterocycles. The fourth-order valence-electron chi connectivity index (χ4n) is 1.36. The van der Waals surface area contributed by atoms with Crippen molar-refractivity contribution in [1.29, 1.82) is 0 Å². The van der Waals surface area contributed by atoms with Gasteiger partial charge in [-0.15, -0.1) is 11.8 Å². The minimum Gasteiger partial charge on any atom is -0.122 e. The third-order valence-corrected chi connectivity index (χ3v) is 3.11. The minimum absolute atomic E-state index is 0.999. The van der Waals surface area contributed by atoms with Crippen molar-refractivity contribution in [2.45, 2.75) is 4.90 Å². The summed E-state index contributed by atoms with van der Waals surface area (Å²) in [4.78, 5) is 1.29. The Morgan fingerprint density at radius 1 is 1.00 bits per heavy atom. The van der Waals surface area contributed by atoms with Crippen LogP contribution in [0.15, 0.2) is 65.6 Å². The number of thioether (sulfide) groups is 1. The largest absolute Gasteiger partial charge is 0.122 e. The Morgan fingerprint density at radius 2 is 1.75 bits per heavy atom. The first-order valence-corrected chi connectivity index (χ1v) is 6.24. The summed E-state index contributed by atoms with van der Waals surface area (Å²) in [6, 6.07) is 21.4. The lowest BCUT2D eigenvalue weighted by Gasteiger charge is -1.96. The predicted molar refractivity (Wildman–Crippen MR) is 71.5 cm³/mol. The van der Waals surface area contributed by atoms with Crippen LogP contribution in [0.3, 0.4) is 0 Å². The first kappa shape index (κ1) is 11.0. The van der Waals surface area contributed by atoms with Gasteiger partial charge in [0.25, 0.3) is 0 Å². The van der Waals surface area contributed by atoms with Crippen LogP contribution in [0.2, 0.25) is 0 Å². The molecule has 0 saturated heterocycles. The predicted octanol–water partition coefficient (Wildman–Crippen LogP) is 4.29. The summed E-state index contributed by atoms with van der Waals surface area (Å²) in [5, 5.41) is 0. The first-order valence-electron chi connectivity index (χ1n) is 5.26. The number of rotatable bonds is 4. The molecule has 0 atom stereocenters. The highest BCUT2D eigenvalue weighted by Gasteiger charge is 1.88. The van der Waals surface area contributed by atoms with Crippen LogP contribution in [0.4, 0.5) is 0 Å². The maximum absolute atomic E-state index is 3.02. The van der Waals surface area contributed by atoms with Crippen LogP contribution in [0.1, 0.15) is 5.56 Å². The van der Waals surface area contributed by atoms with E-state index in [1.807, 2.05) is 30.0 Å². The Hall–Kier alpha value is -1.47. The van der Waals surface area contributed by atoms with Crippen LogP contribution in [0.25, 0.3) is 6.08 Å². The molecule has 2 aromatic carbocycles. The van der Waals surface area contributed by atoms with Crippen LogP contribution in [-0.2, 0) is 0 Å². The molecule has 0 aromatic heterocycles. The lowest BCUT2D eigenvalue weighted by atomic mass is 10.2. The molecule has 0 bridgehead atoms. The second-order valence-corrected chi connectivity index (χ2v) is 4.45. The maximum atomic E-state index is 3.02. The zero-order chi connectivity index (χ0) is 11.1. The Labute approximate surface area is 101 Å². The third-order valence-electron chi connectivity index (χ3n) is 2.14. The zero-order valence-electron chi connectivity index (χ0n) is 8.97. The van der Waals surface area contributed by atoms with Gasteiger partial charge < -0.3 is 0 Å². The monoisotopic (exact) mass is 225 g/mol. The van der Waals surface area contributed by atoms with Crippen molar-refractivity contribution >= 4 is 17.8 Å². The van der Waals surface area contributed by atoms with Gasteiger partial charge in [-0.3, -0.25) is 0 Å². The van der Waals surface area contributed by atoms with Crippen LogP contribution in [0.5, 0.6) is 0 Å². The smallest absolute Gasteiger partial charge is 0.0164 e. The molecule has 2 rings (SSSR count). The van der Waals surface area contributed by atoms with Gasteiger partial charge in [-0.05, 0) is 23.8 Å². The lowest BCUT2D eigenvalue weighted by molar-refractivity contribution is 1.45. The van der Waals surface area contributed by atoms with Gasteiger partial charge in [0.1, 0.15) is 0 Å². The first-order chi connectivity index (χ1) is 7.95. The zero-order valence-corrected chi connectivity index (χ0v) is 9.78. The molecule has 79 valence electrons. The second kappa shape index (κ2) is 6.19. The quantitative estimate of drug-likeness (QED) is 0.699. The molecule has 0 nitrogen and oxygen atoms in total. The van der Waals surface area contributed by atoms with Crippen LogP contribution in [-0.4, -0.2) is 5.75 Å². The second-order valence-electron chi connectivity index (χ2n) is 3.36. The molecule has 0 saturated carbocycles. The van der Waals surface area contributed by atoms with E-state index in [-0.39, 0.29) is 0 Å². The van der Waals surface area contributed by atoms with Gasteiger partial charge in [0.15, 0.2) is 0 Å². The average Bonchev–Trinajstić information content (AvgIpc) is 2.37. The fourth-order valence-corrected chi connectivity index (χ4v) is 2.07. The van der Waals surface area contributed by atoms with Crippen molar-refractivity contribution in [2.75, 3.05) is 5.75 Å². The molecule has 0 aliphatic rings. The minimum atomic E-state index is 0.999. The van der Waals surface area contributed by atoms with Gasteiger partial charge in [0.05, 0.1) is 0 Å². The number of benzene rings is 2. The van der Waals surface area contributed by atoms with Crippen molar-refractivity contribution in [2.24, 2.45) is 0 Å². The number of hydrogen-bond acceptors (Lipinski definition) is 1. The molecule has 0 N–H and O–H groups in total. The van der Waals surface area contributed by atoms with Gasteiger partial charge in [-0.1, -0.05) is 54.6 Å². The summed E-state index contributed by atoms with van der Waals surface area (Å²) in [6.07, 6.45) is 4.35. The van der Waals surface area contributed by atoms with E-state index in [4.69, 9.17) is 0 Å². The fraction of sp³-hybridized carbons (Fsp3) is 0.0667. The van der Waals surface area contributed by atoms with Crippen LogP contribution < -0.4 is 0 Å². The van der Waals surface area contributed by atoms with E-state index in [0.717, 1.165) is 5.75 Å². The van der Waals surface area contributed by atoms with Gasteiger partial charge in [-0.2, -0.15) is 0 Å². The average molecular weight is 225 g/mol. The van der Waals surface area contributed by atoms with Gasteiger partial charge in [0.2, 0.25) is 0 Å². The third kappa shape index (κ3) is 3.59. The van der Waals surface area contributed by atoms with E-state index in [2.05, 4.69) is 54.6 Å². The summed E-state index contributed by atoms with van der Waals surface area (Å²) in [5.41, 5.74) is 1.25. The van der Waals surface area contributed by atoms with E-state index in [0.29, 0.717) is 0 Å². The molecule has 0 amide bonds. The molecular weight excluding hydrogens is 212 g/mol. The van der Waals surface area contributed by atoms with Crippen molar-refractivity contribution in [3.8, 4) is 0 Å². The lowest BCUT2D eigenvalue weighted by Crippen LogP contribution is -1.74. The summed E-state index contributed by atoms with van der Waals surface area (Å²) in [7, 11) is 0. The van der Waals surface area contributed by atoms with Crippen molar-refractivity contribution in [1.82, 2.24) is 0 Å². The molecule has 1 radical (unpaired) electrons. The standard InChI is InChI=1S/C15H13S/c1-3-8-14(9-4-1)10-7-13-16-15-11-5-2-6-12-15/h1,3-12H,13H2/b10-7+. The summed E-state index contributed by atoms with van der Waals surface area (Å²) < 4.78 is 0. The molecule has 2 aromatic rings. The van der Waals surface area contributed by atoms with E-state index >= 15 is 0 Å². The Morgan fingerprint density at radius 3 is 2.50 bits per heavy atom. The van der Waals surface area contributed by atoms with E-state index in [9.17, 15) is 0 Å². The SMILES string of the molecule is [c]1ccc(SC/C=C/c2ccccc2)cc1. The van der Waals surface area contributed by atoms with Crippen LogP contribution in [0, 0.1) is 6.07 Å². The Kier molecular flexibility index (Phi) is 4.26. The molecule has 1 heteroatoms. The van der Waals surface area contributed by atoms with Gasteiger partial charge >= 0.3 is 0 Å². The number of hydrogen-bond donors (Lipinski definition) is 0. The molecule has 0 spiro atoms. The molecule has 0 aliphatic carbocycles. The molecule has 0 fully saturated rings. The Bertz CT molecular complexity index is 432. The van der Waals surface area contributed by atoms with Gasteiger partial charge in [-0.25, -0.2) is 0 Å². The highest BCUT2D eigenvalue weighted by atomic mass is 32.2. The summed E-state index contributed by atoms with van der Waals surface area (Å²) >= 11 is 1.83. The maximum Gasteiger partial charge on any atom is 0.0164 e. The highest BCUT2D eigenvalue weighted by Crippen LogP contribution is 2.17. The van der Waals surface area contributed by atoms with Gasteiger partial charge in [0, 0.05) is 10.6 Å². The summed E-state index contributed by atoms with van der Waals surface area (Å²) in [5.74, 6) is 0.999. The van der Waals surface area contributed by atoms with Crippen LogP contribution >= 0.6 is 11.8 Å². The summed E-state index contributed by atoms with van der Waals surface area (Å²) in [6.45, 7) is 0. The van der Waals surface area contributed by atoms with E-state index < -0.39 is 0 Å². The molecule has 16 heavy (non-hydrogen) atoms. The molecule has 0 heterocycles.